The van der Waals surface area contributed by atoms with Gasteiger partial charge in [-0.1, -0.05) is 19.8 Å². The number of rotatable bonds is 3. The van der Waals surface area contributed by atoms with Crippen LogP contribution in [0.1, 0.15) is 39.5 Å². The highest BCUT2D eigenvalue weighted by Crippen LogP contribution is 2.29. The zero-order chi connectivity index (χ0) is 9.90. The molecule has 76 valence electrons. The van der Waals surface area contributed by atoms with Gasteiger partial charge in [-0.15, -0.1) is 11.6 Å². The van der Waals surface area contributed by atoms with Gasteiger partial charge in [-0.25, -0.2) is 0 Å². The molecule has 13 heavy (non-hydrogen) atoms. The second-order valence-electron chi connectivity index (χ2n) is 4.31. The van der Waals surface area contributed by atoms with Crippen molar-refractivity contribution in [3.05, 3.63) is 0 Å². The van der Waals surface area contributed by atoms with Crippen molar-refractivity contribution in [2.45, 2.75) is 45.1 Å². The van der Waals surface area contributed by atoms with Crippen LogP contribution in [-0.4, -0.2) is 17.3 Å². The summed E-state index contributed by atoms with van der Waals surface area (Å²) < 4.78 is 0. The van der Waals surface area contributed by atoms with Crippen LogP contribution < -0.4 is 5.32 Å². The number of halogens is 1. The molecule has 1 amide bonds. The number of hydrogen-bond donors (Lipinski definition) is 1. The lowest BCUT2D eigenvalue weighted by atomic mass is 9.99. The Labute approximate surface area is 85.0 Å². The fraction of sp³-hybridized carbons (Fsp3) is 0.900. The molecule has 0 heterocycles. The Hall–Kier alpha value is -0.240. The van der Waals surface area contributed by atoms with Crippen molar-refractivity contribution in [3.8, 4) is 0 Å². The van der Waals surface area contributed by atoms with E-state index in [0.29, 0.717) is 5.88 Å². The van der Waals surface area contributed by atoms with Gasteiger partial charge in [0.1, 0.15) is 0 Å². The maximum Gasteiger partial charge on any atom is 0.224 e. The zero-order valence-corrected chi connectivity index (χ0v) is 9.16. The van der Waals surface area contributed by atoms with Crippen molar-refractivity contribution in [3.63, 3.8) is 0 Å². The third kappa shape index (κ3) is 2.87. The van der Waals surface area contributed by atoms with Gasteiger partial charge in [0.25, 0.3) is 0 Å². The lowest BCUT2D eigenvalue weighted by Crippen LogP contribution is -2.46. The van der Waals surface area contributed by atoms with E-state index in [4.69, 9.17) is 11.6 Å². The summed E-state index contributed by atoms with van der Waals surface area (Å²) in [7, 11) is 0. The highest BCUT2D eigenvalue weighted by molar-refractivity contribution is 6.19. The topological polar surface area (TPSA) is 29.1 Å². The molecule has 0 bridgehead atoms. The summed E-state index contributed by atoms with van der Waals surface area (Å²) in [4.78, 5) is 11.5. The average Bonchev–Trinajstić information content (AvgIpc) is 2.50. The van der Waals surface area contributed by atoms with Crippen molar-refractivity contribution in [2.75, 3.05) is 5.88 Å². The molecule has 0 spiro atoms. The predicted octanol–water partition coefficient (Wildman–Crippen LogP) is 2.31. The molecule has 1 unspecified atom stereocenters. The molecule has 1 aliphatic rings. The molecule has 3 heteroatoms. The van der Waals surface area contributed by atoms with Crippen LogP contribution in [0.4, 0.5) is 0 Å². The Morgan fingerprint density at radius 3 is 2.54 bits per heavy atom. The smallest absolute Gasteiger partial charge is 0.224 e. The normalized spacial score (nSPS) is 22.7. The SMILES string of the molecule is CC(CCl)C(=O)NC1(C)CCCC1. The highest BCUT2D eigenvalue weighted by atomic mass is 35.5. The quantitative estimate of drug-likeness (QED) is 0.701. The van der Waals surface area contributed by atoms with E-state index in [1.807, 2.05) is 6.92 Å². The minimum atomic E-state index is -0.0703. The van der Waals surface area contributed by atoms with E-state index in [9.17, 15) is 4.79 Å². The van der Waals surface area contributed by atoms with Crippen LogP contribution in [-0.2, 0) is 4.79 Å². The average molecular weight is 204 g/mol. The van der Waals surface area contributed by atoms with E-state index in [1.54, 1.807) is 0 Å². The summed E-state index contributed by atoms with van der Waals surface area (Å²) in [6, 6.07) is 0. The van der Waals surface area contributed by atoms with Crippen LogP contribution in [0, 0.1) is 5.92 Å². The molecule has 1 fully saturated rings. The number of hydrogen-bond acceptors (Lipinski definition) is 1. The van der Waals surface area contributed by atoms with Crippen molar-refractivity contribution in [2.24, 2.45) is 5.92 Å². The van der Waals surface area contributed by atoms with Gasteiger partial charge in [0.05, 0.1) is 0 Å². The van der Waals surface area contributed by atoms with Crippen LogP contribution in [0.3, 0.4) is 0 Å². The number of amides is 1. The lowest BCUT2D eigenvalue weighted by Gasteiger charge is -2.26. The van der Waals surface area contributed by atoms with E-state index in [1.165, 1.54) is 12.8 Å². The zero-order valence-electron chi connectivity index (χ0n) is 8.40. The largest absolute Gasteiger partial charge is 0.351 e. The molecule has 0 radical (unpaired) electrons. The first kappa shape index (κ1) is 10.8. The molecule has 0 aromatic rings. The van der Waals surface area contributed by atoms with Gasteiger partial charge in [-0.3, -0.25) is 4.79 Å². The first-order valence-electron chi connectivity index (χ1n) is 4.95. The Bertz CT molecular complexity index is 187. The van der Waals surface area contributed by atoms with Crippen molar-refractivity contribution in [1.82, 2.24) is 5.32 Å². The highest BCUT2D eigenvalue weighted by Gasteiger charge is 2.31. The molecule has 0 saturated heterocycles. The Morgan fingerprint density at radius 2 is 2.08 bits per heavy atom. The predicted molar refractivity (Wildman–Crippen MR) is 54.9 cm³/mol. The van der Waals surface area contributed by atoms with E-state index < -0.39 is 0 Å². The molecule has 1 aliphatic carbocycles. The summed E-state index contributed by atoms with van der Waals surface area (Å²) in [5, 5.41) is 3.08. The molecule has 1 saturated carbocycles. The van der Waals surface area contributed by atoms with Gasteiger partial charge in [0.15, 0.2) is 0 Å². The monoisotopic (exact) mass is 203 g/mol. The second-order valence-corrected chi connectivity index (χ2v) is 4.62. The van der Waals surface area contributed by atoms with Crippen molar-refractivity contribution >= 4 is 17.5 Å². The van der Waals surface area contributed by atoms with E-state index >= 15 is 0 Å². The minimum absolute atomic E-state index is 0.0391. The molecule has 1 N–H and O–H groups in total. The van der Waals surface area contributed by atoms with E-state index in [-0.39, 0.29) is 17.4 Å². The molecule has 1 atom stereocenters. The molecular formula is C10H18ClNO. The molecule has 2 nitrogen and oxygen atoms in total. The van der Waals surface area contributed by atoms with E-state index in [2.05, 4.69) is 12.2 Å². The Kier molecular flexibility index (Phi) is 3.60. The van der Waals surface area contributed by atoms with Gasteiger partial charge in [-0.2, -0.15) is 0 Å². The van der Waals surface area contributed by atoms with Gasteiger partial charge in [0.2, 0.25) is 5.91 Å². The van der Waals surface area contributed by atoms with Gasteiger partial charge in [-0.05, 0) is 19.8 Å². The number of carbonyl (C=O) groups excluding carboxylic acids is 1. The molecular weight excluding hydrogens is 186 g/mol. The van der Waals surface area contributed by atoms with Gasteiger partial charge < -0.3 is 5.32 Å². The van der Waals surface area contributed by atoms with Gasteiger partial charge in [0, 0.05) is 17.3 Å². The first-order chi connectivity index (χ1) is 6.07. The van der Waals surface area contributed by atoms with Crippen LogP contribution >= 0.6 is 11.6 Å². The third-order valence-electron chi connectivity index (χ3n) is 2.81. The van der Waals surface area contributed by atoms with Crippen LogP contribution in [0.25, 0.3) is 0 Å². The Balaban J connectivity index is 2.43. The maximum absolute atomic E-state index is 11.5. The van der Waals surface area contributed by atoms with Crippen LogP contribution in [0.2, 0.25) is 0 Å². The number of carbonyl (C=O) groups is 1. The summed E-state index contributed by atoms with van der Waals surface area (Å²) in [6.45, 7) is 3.99. The molecule has 0 aromatic heterocycles. The summed E-state index contributed by atoms with van der Waals surface area (Å²) in [5.41, 5.74) is 0.0391. The van der Waals surface area contributed by atoms with Crippen molar-refractivity contribution < 1.29 is 4.79 Å². The van der Waals surface area contributed by atoms with Crippen LogP contribution in [0.5, 0.6) is 0 Å². The fourth-order valence-electron chi connectivity index (χ4n) is 1.77. The fourth-order valence-corrected chi connectivity index (χ4v) is 1.91. The van der Waals surface area contributed by atoms with Gasteiger partial charge >= 0.3 is 0 Å². The third-order valence-corrected chi connectivity index (χ3v) is 3.27. The minimum Gasteiger partial charge on any atom is -0.351 e. The van der Waals surface area contributed by atoms with Crippen molar-refractivity contribution in [1.29, 1.82) is 0 Å². The number of alkyl halides is 1. The standard InChI is InChI=1S/C10H18ClNO/c1-8(7-11)9(13)12-10(2)5-3-4-6-10/h8H,3-7H2,1-2H3,(H,12,13). The summed E-state index contributed by atoms with van der Waals surface area (Å²) in [6.07, 6.45) is 4.67. The Morgan fingerprint density at radius 1 is 1.54 bits per heavy atom. The molecule has 0 aliphatic heterocycles. The summed E-state index contributed by atoms with van der Waals surface area (Å²) in [5.74, 6) is 0.431. The second kappa shape index (κ2) is 4.32. The van der Waals surface area contributed by atoms with E-state index in [0.717, 1.165) is 12.8 Å². The van der Waals surface area contributed by atoms with Crippen LogP contribution in [0.15, 0.2) is 0 Å². The summed E-state index contributed by atoms with van der Waals surface area (Å²) >= 11 is 5.62. The lowest BCUT2D eigenvalue weighted by molar-refractivity contribution is -0.125. The maximum atomic E-state index is 11.5. The molecule has 1 rings (SSSR count). The first-order valence-corrected chi connectivity index (χ1v) is 5.49. The number of nitrogens with one attached hydrogen (secondary N) is 1. The molecule has 0 aromatic carbocycles.